The summed E-state index contributed by atoms with van der Waals surface area (Å²) < 4.78 is 27.3. The molecule has 0 radical (unpaired) electrons. The quantitative estimate of drug-likeness (QED) is 0.723. The minimum atomic E-state index is -3.51. The van der Waals surface area contributed by atoms with Crippen LogP contribution in [0.2, 0.25) is 4.34 Å². The summed E-state index contributed by atoms with van der Waals surface area (Å²) in [5.41, 5.74) is 0. The number of carbonyl (C=O) groups excluding carboxylic acids is 1. The largest absolute Gasteiger partial charge is 0.340 e. The first-order chi connectivity index (χ1) is 12.0. The molecule has 0 atom stereocenters. The highest BCUT2D eigenvalue weighted by atomic mass is 35.5. The molecule has 2 aromatic rings. The maximum Gasteiger partial charge on any atom is 0.252 e. The Morgan fingerprint density at radius 1 is 1.16 bits per heavy atom. The van der Waals surface area contributed by atoms with E-state index in [4.69, 9.17) is 11.6 Å². The number of nitrogens with zero attached hydrogens (tertiary/aromatic N) is 2. The lowest BCUT2D eigenvalue weighted by atomic mass is 10.2. The van der Waals surface area contributed by atoms with E-state index in [2.05, 4.69) is 6.07 Å². The fourth-order valence-electron chi connectivity index (χ4n) is 2.77. The molecule has 0 saturated carbocycles. The standard InChI is InChI=1S/C16H19ClN2O3S3/c17-14-6-7-16(24-14)25(21,22)19-10-8-18(9-11-19)15(20)5-1-3-13-4-2-12-23-13/h2,4,6-7,12H,1,3,5,8-11H2. The summed E-state index contributed by atoms with van der Waals surface area (Å²) >= 11 is 8.61. The number of piperazine rings is 1. The Balaban J connectivity index is 1.48. The number of hydrogen-bond donors (Lipinski definition) is 0. The van der Waals surface area contributed by atoms with Crippen LogP contribution in [0.4, 0.5) is 0 Å². The number of sulfonamides is 1. The number of carbonyl (C=O) groups is 1. The third-order valence-corrected chi connectivity index (χ3v) is 8.66. The lowest BCUT2D eigenvalue weighted by Crippen LogP contribution is -2.50. The van der Waals surface area contributed by atoms with Crippen LogP contribution in [0.3, 0.4) is 0 Å². The predicted octanol–water partition coefficient (Wildman–Crippen LogP) is 3.32. The summed E-state index contributed by atoms with van der Waals surface area (Å²) in [6, 6.07) is 7.22. The highest BCUT2D eigenvalue weighted by Gasteiger charge is 2.30. The lowest BCUT2D eigenvalue weighted by molar-refractivity contribution is -0.132. The van der Waals surface area contributed by atoms with E-state index in [-0.39, 0.29) is 10.1 Å². The lowest BCUT2D eigenvalue weighted by Gasteiger charge is -2.33. The Hall–Kier alpha value is -0.930. The van der Waals surface area contributed by atoms with Gasteiger partial charge in [-0.15, -0.1) is 22.7 Å². The van der Waals surface area contributed by atoms with Crippen molar-refractivity contribution in [3.05, 3.63) is 38.9 Å². The Morgan fingerprint density at radius 2 is 1.92 bits per heavy atom. The van der Waals surface area contributed by atoms with Crippen LogP contribution >= 0.6 is 34.3 Å². The maximum absolute atomic E-state index is 12.6. The monoisotopic (exact) mass is 418 g/mol. The molecule has 1 aliphatic rings. The van der Waals surface area contributed by atoms with Gasteiger partial charge in [0.05, 0.1) is 4.34 Å². The zero-order valence-electron chi connectivity index (χ0n) is 13.6. The van der Waals surface area contributed by atoms with E-state index in [1.165, 1.54) is 15.2 Å². The van der Waals surface area contributed by atoms with Crippen molar-refractivity contribution >= 4 is 50.2 Å². The molecular formula is C16H19ClN2O3S3. The number of hydrogen-bond acceptors (Lipinski definition) is 5. The normalized spacial score (nSPS) is 16.3. The van der Waals surface area contributed by atoms with Gasteiger partial charge in [0.25, 0.3) is 10.0 Å². The van der Waals surface area contributed by atoms with Gasteiger partial charge in [-0.3, -0.25) is 4.79 Å². The van der Waals surface area contributed by atoms with Crippen LogP contribution in [0.5, 0.6) is 0 Å². The molecule has 25 heavy (non-hydrogen) atoms. The van der Waals surface area contributed by atoms with Gasteiger partial charge >= 0.3 is 0 Å². The van der Waals surface area contributed by atoms with Crippen LogP contribution in [-0.2, 0) is 21.2 Å². The number of halogens is 1. The molecule has 3 heterocycles. The Bertz CT molecular complexity index is 810. The summed E-state index contributed by atoms with van der Waals surface area (Å²) in [7, 11) is -3.51. The smallest absolute Gasteiger partial charge is 0.252 e. The van der Waals surface area contributed by atoms with Gasteiger partial charge in [0, 0.05) is 37.5 Å². The molecule has 0 bridgehead atoms. The zero-order valence-corrected chi connectivity index (χ0v) is 16.8. The zero-order chi connectivity index (χ0) is 17.9. The minimum Gasteiger partial charge on any atom is -0.340 e. The maximum atomic E-state index is 12.6. The molecule has 0 aliphatic carbocycles. The molecule has 2 aromatic heterocycles. The fraction of sp³-hybridized carbons (Fsp3) is 0.438. The third kappa shape index (κ3) is 4.62. The molecule has 1 amide bonds. The van der Waals surface area contributed by atoms with Crippen LogP contribution in [0.1, 0.15) is 17.7 Å². The van der Waals surface area contributed by atoms with Gasteiger partial charge in [-0.05, 0) is 36.4 Å². The van der Waals surface area contributed by atoms with E-state index in [0.717, 1.165) is 24.2 Å². The first-order valence-corrected chi connectivity index (χ1v) is 11.5. The Kier molecular flexibility index (Phi) is 6.17. The van der Waals surface area contributed by atoms with E-state index in [1.807, 2.05) is 11.4 Å². The summed E-state index contributed by atoms with van der Waals surface area (Å²) in [5.74, 6) is 0.104. The van der Waals surface area contributed by atoms with Crippen molar-refractivity contribution in [2.75, 3.05) is 26.2 Å². The van der Waals surface area contributed by atoms with Crippen molar-refractivity contribution in [2.45, 2.75) is 23.5 Å². The van der Waals surface area contributed by atoms with Gasteiger partial charge in [0.15, 0.2) is 0 Å². The molecule has 1 aliphatic heterocycles. The second-order valence-corrected chi connectivity index (χ2v) is 10.7. The molecule has 5 nitrogen and oxygen atoms in total. The third-order valence-electron chi connectivity index (χ3n) is 4.13. The van der Waals surface area contributed by atoms with Crippen LogP contribution in [-0.4, -0.2) is 49.7 Å². The van der Waals surface area contributed by atoms with Gasteiger partial charge in [0.2, 0.25) is 5.91 Å². The summed E-state index contributed by atoms with van der Waals surface area (Å²) in [4.78, 5) is 15.4. The van der Waals surface area contributed by atoms with Crippen LogP contribution < -0.4 is 0 Å². The van der Waals surface area contributed by atoms with Crippen molar-refractivity contribution in [1.82, 2.24) is 9.21 Å². The molecular weight excluding hydrogens is 400 g/mol. The first-order valence-electron chi connectivity index (χ1n) is 8.02. The van der Waals surface area contributed by atoms with Gasteiger partial charge in [-0.25, -0.2) is 8.42 Å². The number of rotatable bonds is 6. The van der Waals surface area contributed by atoms with Crippen molar-refractivity contribution < 1.29 is 13.2 Å². The van der Waals surface area contributed by atoms with E-state index in [1.54, 1.807) is 22.3 Å². The average Bonchev–Trinajstić information content (AvgIpc) is 3.27. The van der Waals surface area contributed by atoms with Gasteiger partial charge in [-0.1, -0.05) is 17.7 Å². The molecule has 136 valence electrons. The van der Waals surface area contributed by atoms with Crippen molar-refractivity contribution in [3.63, 3.8) is 0 Å². The van der Waals surface area contributed by atoms with Crippen LogP contribution in [0, 0.1) is 0 Å². The second kappa shape index (κ2) is 8.18. The summed E-state index contributed by atoms with van der Waals surface area (Å²) in [6.45, 7) is 1.54. The minimum absolute atomic E-state index is 0.104. The molecule has 1 saturated heterocycles. The van der Waals surface area contributed by atoms with Gasteiger partial charge < -0.3 is 4.90 Å². The van der Waals surface area contributed by atoms with Crippen molar-refractivity contribution in [2.24, 2.45) is 0 Å². The molecule has 9 heteroatoms. The summed E-state index contributed by atoms with van der Waals surface area (Å²) in [6.07, 6.45) is 2.24. The molecule has 0 N–H and O–H groups in total. The van der Waals surface area contributed by atoms with Gasteiger partial charge in [0.1, 0.15) is 4.21 Å². The highest BCUT2D eigenvalue weighted by molar-refractivity contribution is 7.91. The molecule has 3 rings (SSSR count). The highest BCUT2D eigenvalue weighted by Crippen LogP contribution is 2.28. The van der Waals surface area contributed by atoms with E-state index in [9.17, 15) is 13.2 Å². The Morgan fingerprint density at radius 3 is 2.52 bits per heavy atom. The molecule has 0 aromatic carbocycles. The van der Waals surface area contributed by atoms with E-state index < -0.39 is 10.0 Å². The van der Waals surface area contributed by atoms with Gasteiger partial charge in [-0.2, -0.15) is 4.31 Å². The topological polar surface area (TPSA) is 57.7 Å². The Labute approximate surface area is 160 Å². The van der Waals surface area contributed by atoms with Crippen molar-refractivity contribution in [3.8, 4) is 0 Å². The number of aryl methyl sites for hydroxylation is 1. The van der Waals surface area contributed by atoms with E-state index >= 15 is 0 Å². The van der Waals surface area contributed by atoms with Crippen LogP contribution in [0.15, 0.2) is 33.9 Å². The predicted molar refractivity (Wildman–Crippen MR) is 102 cm³/mol. The molecule has 0 unspecified atom stereocenters. The van der Waals surface area contributed by atoms with Crippen LogP contribution in [0.25, 0.3) is 0 Å². The average molecular weight is 419 g/mol. The number of amides is 1. The fourth-order valence-corrected chi connectivity index (χ4v) is 6.58. The van der Waals surface area contributed by atoms with Crippen molar-refractivity contribution in [1.29, 1.82) is 0 Å². The molecule has 1 fully saturated rings. The first kappa shape index (κ1) is 18.8. The number of thiophene rings is 2. The second-order valence-electron chi connectivity index (χ2n) is 5.78. The summed E-state index contributed by atoms with van der Waals surface area (Å²) in [5, 5.41) is 2.04. The SMILES string of the molecule is O=C(CCCc1cccs1)N1CCN(S(=O)(=O)c2ccc(Cl)s2)CC1. The molecule has 0 spiro atoms. The van der Waals surface area contributed by atoms with E-state index in [0.29, 0.717) is 36.9 Å².